The number of hydrogen-bond donors (Lipinski definition) is 1. The Kier molecular flexibility index (Phi) is 4.09. The maximum absolute atomic E-state index is 4.28. The molecule has 0 fully saturated rings. The lowest BCUT2D eigenvalue weighted by Gasteiger charge is -2.03. The molecule has 2 aromatic rings. The molecular formula is C14H19N3S. The van der Waals surface area contributed by atoms with Crippen molar-refractivity contribution < 1.29 is 0 Å². The van der Waals surface area contributed by atoms with E-state index in [4.69, 9.17) is 0 Å². The summed E-state index contributed by atoms with van der Waals surface area (Å²) in [6.07, 6.45) is 0. The van der Waals surface area contributed by atoms with Gasteiger partial charge >= 0.3 is 0 Å². The molecule has 18 heavy (non-hydrogen) atoms. The average Bonchev–Trinajstić information content (AvgIpc) is 2.73. The smallest absolute Gasteiger partial charge is 0.147 e. The molecule has 0 aliphatic carbocycles. The van der Waals surface area contributed by atoms with E-state index in [-0.39, 0.29) is 0 Å². The molecular weight excluding hydrogens is 242 g/mol. The molecule has 0 saturated heterocycles. The van der Waals surface area contributed by atoms with Crippen molar-refractivity contribution in [2.24, 2.45) is 0 Å². The summed E-state index contributed by atoms with van der Waals surface area (Å²) < 4.78 is 0. The van der Waals surface area contributed by atoms with Crippen LogP contribution in [0.25, 0.3) is 10.6 Å². The third-order valence-electron chi connectivity index (χ3n) is 2.60. The molecule has 0 radical (unpaired) electrons. The average molecular weight is 261 g/mol. The van der Waals surface area contributed by atoms with E-state index in [2.05, 4.69) is 61.4 Å². The van der Waals surface area contributed by atoms with Crippen molar-refractivity contribution >= 4 is 11.3 Å². The number of rotatable bonds is 4. The zero-order valence-corrected chi connectivity index (χ0v) is 12.1. The maximum Gasteiger partial charge on any atom is 0.147 e. The second-order valence-electron chi connectivity index (χ2n) is 4.91. The molecule has 0 spiro atoms. The number of aromatic nitrogens is 2. The van der Waals surface area contributed by atoms with Crippen molar-refractivity contribution in [1.29, 1.82) is 0 Å². The minimum absolute atomic E-state index is 0.471. The van der Waals surface area contributed by atoms with Crippen LogP contribution in [0.2, 0.25) is 0 Å². The molecule has 0 aliphatic heterocycles. The van der Waals surface area contributed by atoms with E-state index >= 15 is 0 Å². The van der Waals surface area contributed by atoms with Gasteiger partial charge < -0.3 is 5.32 Å². The zero-order chi connectivity index (χ0) is 13.1. The molecule has 1 aromatic heterocycles. The van der Waals surface area contributed by atoms with Crippen molar-refractivity contribution in [3.63, 3.8) is 0 Å². The Bertz CT molecular complexity index is 511. The van der Waals surface area contributed by atoms with Crippen LogP contribution in [-0.4, -0.2) is 16.2 Å². The minimum atomic E-state index is 0.471. The largest absolute Gasteiger partial charge is 0.308 e. The number of benzene rings is 1. The van der Waals surface area contributed by atoms with Gasteiger partial charge in [-0.15, -0.1) is 10.2 Å². The number of nitrogens with one attached hydrogen (secondary N) is 1. The normalized spacial score (nSPS) is 11.2. The summed E-state index contributed by atoms with van der Waals surface area (Å²) in [5, 5.41) is 13.9. The van der Waals surface area contributed by atoms with Crippen LogP contribution in [0.15, 0.2) is 18.2 Å². The van der Waals surface area contributed by atoms with Crippen LogP contribution in [-0.2, 0) is 6.54 Å². The molecule has 0 bridgehead atoms. The Hall–Kier alpha value is -1.26. The lowest BCUT2D eigenvalue weighted by Crippen LogP contribution is -2.21. The fraction of sp³-hybridized carbons (Fsp3) is 0.429. The maximum atomic E-state index is 4.28. The molecule has 0 saturated carbocycles. The van der Waals surface area contributed by atoms with Crippen molar-refractivity contribution in [3.05, 3.63) is 34.3 Å². The molecule has 1 aromatic carbocycles. The van der Waals surface area contributed by atoms with Crippen LogP contribution in [0.1, 0.15) is 30.0 Å². The van der Waals surface area contributed by atoms with Gasteiger partial charge in [0.2, 0.25) is 0 Å². The Morgan fingerprint density at radius 2 is 1.78 bits per heavy atom. The molecule has 1 N–H and O–H groups in total. The first-order valence-electron chi connectivity index (χ1n) is 6.19. The number of nitrogens with zero attached hydrogens (tertiary/aromatic N) is 2. The molecule has 96 valence electrons. The second kappa shape index (κ2) is 5.59. The van der Waals surface area contributed by atoms with E-state index in [1.807, 2.05) is 0 Å². The van der Waals surface area contributed by atoms with Gasteiger partial charge in [0.15, 0.2) is 0 Å². The van der Waals surface area contributed by atoms with Gasteiger partial charge in [0.1, 0.15) is 10.0 Å². The van der Waals surface area contributed by atoms with E-state index in [0.29, 0.717) is 6.04 Å². The Balaban J connectivity index is 2.18. The van der Waals surface area contributed by atoms with Crippen LogP contribution in [0, 0.1) is 13.8 Å². The third-order valence-corrected chi connectivity index (χ3v) is 3.57. The van der Waals surface area contributed by atoms with Gasteiger partial charge in [0, 0.05) is 18.2 Å². The lowest BCUT2D eigenvalue weighted by atomic mass is 10.1. The summed E-state index contributed by atoms with van der Waals surface area (Å²) in [5.74, 6) is 0. The van der Waals surface area contributed by atoms with Gasteiger partial charge in [-0.3, -0.25) is 0 Å². The molecule has 0 unspecified atom stereocenters. The Labute approximate surface area is 112 Å². The molecule has 0 amide bonds. The molecule has 3 nitrogen and oxygen atoms in total. The molecule has 2 rings (SSSR count). The zero-order valence-electron chi connectivity index (χ0n) is 11.3. The monoisotopic (exact) mass is 261 g/mol. The minimum Gasteiger partial charge on any atom is -0.308 e. The molecule has 0 atom stereocenters. The van der Waals surface area contributed by atoms with Crippen molar-refractivity contribution in [2.75, 3.05) is 0 Å². The predicted molar refractivity (Wildman–Crippen MR) is 76.8 cm³/mol. The van der Waals surface area contributed by atoms with Crippen molar-refractivity contribution in [1.82, 2.24) is 15.5 Å². The van der Waals surface area contributed by atoms with Gasteiger partial charge in [-0.2, -0.15) is 0 Å². The fourth-order valence-electron chi connectivity index (χ4n) is 1.83. The van der Waals surface area contributed by atoms with Gasteiger partial charge in [0.05, 0.1) is 0 Å². The fourth-order valence-corrected chi connectivity index (χ4v) is 2.61. The van der Waals surface area contributed by atoms with Crippen molar-refractivity contribution in [2.45, 2.75) is 40.3 Å². The number of hydrogen-bond acceptors (Lipinski definition) is 4. The highest BCUT2D eigenvalue weighted by molar-refractivity contribution is 7.14. The Morgan fingerprint density at radius 1 is 1.11 bits per heavy atom. The quantitative estimate of drug-likeness (QED) is 0.917. The summed E-state index contributed by atoms with van der Waals surface area (Å²) in [4.78, 5) is 0. The predicted octanol–water partition coefficient (Wildman–Crippen LogP) is 3.32. The van der Waals surface area contributed by atoms with Gasteiger partial charge in [-0.05, 0) is 26.0 Å². The number of aryl methyl sites for hydroxylation is 2. The van der Waals surface area contributed by atoms with Gasteiger partial charge in [-0.25, -0.2) is 0 Å². The first-order valence-corrected chi connectivity index (χ1v) is 7.00. The first-order chi connectivity index (χ1) is 8.54. The Morgan fingerprint density at radius 3 is 2.39 bits per heavy atom. The second-order valence-corrected chi connectivity index (χ2v) is 5.98. The summed E-state index contributed by atoms with van der Waals surface area (Å²) in [6.45, 7) is 9.27. The van der Waals surface area contributed by atoms with Crippen LogP contribution in [0.5, 0.6) is 0 Å². The highest BCUT2D eigenvalue weighted by Crippen LogP contribution is 2.25. The third kappa shape index (κ3) is 3.37. The topological polar surface area (TPSA) is 37.8 Å². The van der Waals surface area contributed by atoms with Crippen LogP contribution >= 0.6 is 11.3 Å². The van der Waals surface area contributed by atoms with Gasteiger partial charge in [-0.1, -0.05) is 42.4 Å². The summed E-state index contributed by atoms with van der Waals surface area (Å²) in [5.41, 5.74) is 3.70. The van der Waals surface area contributed by atoms with Crippen molar-refractivity contribution in [3.8, 4) is 10.6 Å². The highest BCUT2D eigenvalue weighted by Gasteiger charge is 2.07. The van der Waals surface area contributed by atoms with E-state index < -0.39 is 0 Å². The SMILES string of the molecule is Cc1cc(C)cc(-c2nnc(CNC(C)C)s2)c1. The van der Waals surface area contributed by atoms with E-state index in [1.54, 1.807) is 11.3 Å². The molecule has 1 heterocycles. The lowest BCUT2D eigenvalue weighted by molar-refractivity contribution is 0.585. The van der Waals surface area contributed by atoms with Crippen LogP contribution in [0.3, 0.4) is 0 Å². The highest BCUT2D eigenvalue weighted by atomic mass is 32.1. The summed E-state index contributed by atoms with van der Waals surface area (Å²) >= 11 is 1.66. The summed E-state index contributed by atoms with van der Waals surface area (Å²) in [7, 11) is 0. The first kappa shape index (κ1) is 13.2. The van der Waals surface area contributed by atoms with E-state index in [1.165, 1.54) is 16.7 Å². The van der Waals surface area contributed by atoms with E-state index in [0.717, 1.165) is 16.6 Å². The molecule has 0 aliphatic rings. The van der Waals surface area contributed by atoms with Crippen LogP contribution < -0.4 is 5.32 Å². The van der Waals surface area contributed by atoms with E-state index in [9.17, 15) is 0 Å². The van der Waals surface area contributed by atoms with Gasteiger partial charge in [0.25, 0.3) is 0 Å². The standard InChI is InChI=1S/C14H19N3S/c1-9(2)15-8-13-16-17-14(18-13)12-6-10(3)5-11(4)7-12/h5-7,9,15H,8H2,1-4H3. The van der Waals surface area contributed by atoms with Crippen LogP contribution in [0.4, 0.5) is 0 Å². The molecule has 4 heteroatoms. The summed E-state index contributed by atoms with van der Waals surface area (Å²) in [6, 6.07) is 6.96.